The van der Waals surface area contributed by atoms with Gasteiger partial charge in [-0.15, -0.1) is 10.2 Å². The molecule has 262 valence electrons. The fourth-order valence-electron chi connectivity index (χ4n) is 5.61. The Morgan fingerprint density at radius 2 is 1.69 bits per heavy atom. The lowest BCUT2D eigenvalue weighted by Crippen LogP contribution is -2.36. The van der Waals surface area contributed by atoms with Crippen LogP contribution in [0.1, 0.15) is 99.8 Å². The van der Waals surface area contributed by atoms with Gasteiger partial charge in [-0.3, -0.25) is 14.5 Å². The molecule has 1 aliphatic carbocycles. The lowest BCUT2D eigenvalue weighted by atomic mass is 9.85. The highest BCUT2D eigenvalue weighted by Crippen LogP contribution is 2.39. The zero-order valence-corrected chi connectivity index (χ0v) is 29.8. The van der Waals surface area contributed by atoms with Crippen molar-refractivity contribution < 1.29 is 19.1 Å². The van der Waals surface area contributed by atoms with Gasteiger partial charge in [0.25, 0.3) is 5.91 Å². The normalized spacial score (nSPS) is 16.3. The van der Waals surface area contributed by atoms with Crippen LogP contribution in [0.15, 0.2) is 48.7 Å². The molecule has 13 heteroatoms. The molecule has 3 heterocycles. The topological polar surface area (TPSA) is 148 Å². The molecule has 5 rings (SSSR count). The van der Waals surface area contributed by atoms with Crippen molar-refractivity contribution in [1.82, 2.24) is 40.1 Å². The number of aromatic nitrogens is 5. The number of nitrogens with one attached hydrogen (secondary N) is 3. The monoisotopic (exact) mass is 671 g/mol. The number of amides is 3. The van der Waals surface area contributed by atoms with E-state index in [4.69, 9.17) is 9.47 Å². The first-order valence-corrected chi connectivity index (χ1v) is 16.8. The van der Waals surface area contributed by atoms with Crippen LogP contribution in [0.4, 0.5) is 10.6 Å². The van der Waals surface area contributed by atoms with E-state index in [-0.39, 0.29) is 34.6 Å². The van der Waals surface area contributed by atoms with Crippen molar-refractivity contribution in [3.63, 3.8) is 0 Å². The number of carbonyl (C=O) groups excluding carboxylic acids is 2. The predicted molar refractivity (Wildman–Crippen MR) is 188 cm³/mol. The van der Waals surface area contributed by atoms with Crippen molar-refractivity contribution >= 4 is 23.4 Å². The number of pyridine rings is 1. The van der Waals surface area contributed by atoms with E-state index in [0.717, 1.165) is 34.9 Å². The molecule has 0 radical (unpaired) electrons. The van der Waals surface area contributed by atoms with Crippen LogP contribution in [-0.2, 0) is 15.6 Å². The Bertz CT molecular complexity index is 1770. The first-order valence-electron chi connectivity index (χ1n) is 16.8. The Kier molecular flexibility index (Phi) is 10.8. The maximum atomic E-state index is 13.4. The number of hydrogen-bond acceptors (Lipinski definition) is 9. The van der Waals surface area contributed by atoms with Crippen molar-refractivity contribution in [2.24, 2.45) is 0 Å². The second-order valence-electron chi connectivity index (χ2n) is 14.7. The molecule has 0 fully saturated rings. The second kappa shape index (κ2) is 14.9. The molecule has 1 aromatic carbocycles. The molecule has 4 aromatic rings. The van der Waals surface area contributed by atoms with E-state index in [1.54, 1.807) is 6.07 Å². The molecule has 0 spiro atoms. The molecule has 0 unspecified atom stereocenters. The zero-order chi connectivity index (χ0) is 35.3. The Morgan fingerprint density at radius 1 is 0.939 bits per heavy atom. The van der Waals surface area contributed by atoms with E-state index in [1.807, 2.05) is 86.8 Å². The van der Waals surface area contributed by atoms with Crippen LogP contribution in [-0.4, -0.2) is 81.8 Å². The third kappa shape index (κ3) is 9.09. The summed E-state index contributed by atoms with van der Waals surface area (Å²) >= 11 is 0. The lowest BCUT2D eigenvalue weighted by Gasteiger charge is -2.32. The van der Waals surface area contributed by atoms with Gasteiger partial charge in [-0.2, -0.15) is 0 Å². The average molecular weight is 672 g/mol. The van der Waals surface area contributed by atoms with Crippen molar-refractivity contribution in [3.05, 3.63) is 77.1 Å². The molecule has 0 bridgehead atoms. The summed E-state index contributed by atoms with van der Waals surface area (Å²) in [6.45, 7) is 14.3. The summed E-state index contributed by atoms with van der Waals surface area (Å²) in [6.07, 6.45) is 3.11. The van der Waals surface area contributed by atoms with E-state index in [9.17, 15) is 9.59 Å². The van der Waals surface area contributed by atoms with Crippen molar-refractivity contribution in [1.29, 1.82) is 0 Å². The summed E-state index contributed by atoms with van der Waals surface area (Å²) in [5, 5.41) is 17.5. The maximum absolute atomic E-state index is 13.4. The molecule has 1 aliphatic rings. The number of benzene rings is 1. The minimum absolute atomic E-state index is 0.0155. The number of hydrogen-bond donors (Lipinski definition) is 3. The number of nitrogens with zero attached hydrogens (tertiary/aromatic N) is 6. The van der Waals surface area contributed by atoms with Gasteiger partial charge < -0.3 is 25.0 Å². The summed E-state index contributed by atoms with van der Waals surface area (Å²) in [4.78, 5) is 37.3. The Hall–Kier alpha value is -4.62. The fourth-order valence-corrected chi connectivity index (χ4v) is 5.61. The molecule has 2 atom stereocenters. The number of anilines is 1. The van der Waals surface area contributed by atoms with Crippen LogP contribution < -0.4 is 20.7 Å². The highest BCUT2D eigenvalue weighted by Gasteiger charge is 2.30. The first kappa shape index (κ1) is 35.7. The van der Waals surface area contributed by atoms with E-state index >= 15 is 0 Å². The largest absolute Gasteiger partial charge is 0.484 e. The smallest absolute Gasteiger partial charge is 0.320 e. The van der Waals surface area contributed by atoms with E-state index in [2.05, 4.69) is 56.9 Å². The standard InChI is InChI=1S/C36H49N9O4/c1-35(2,3)28-21-29(40-31(39-28)32(46)37-17-19-48-20-18-44(7)8)41-34(47)38-26-14-15-27(25-12-10-9-11-24(25)26)49-23-13-16-30-42-43-33(36(4,5)6)45(30)22-23/h9-13,16,21-22,26-27H,14-15,17-20H2,1-8H3,(H,37,46)(H2,38,39,40,41,47)/t26-,27+/m0/s1. The van der Waals surface area contributed by atoms with Crippen LogP contribution in [0, 0.1) is 0 Å². The Balaban J connectivity index is 1.26. The van der Waals surface area contributed by atoms with Crippen molar-refractivity contribution in [2.45, 2.75) is 77.4 Å². The maximum Gasteiger partial charge on any atom is 0.320 e. The lowest BCUT2D eigenvalue weighted by molar-refractivity contribution is 0.0890. The fraction of sp³-hybridized carbons (Fsp3) is 0.500. The third-order valence-corrected chi connectivity index (χ3v) is 8.22. The molecular formula is C36H49N9O4. The van der Waals surface area contributed by atoms with E-state index in [0.29, 0.717) is 38.3 Å². The van der Waals surface area contributed by atoms with Gasteiger partial charge in [0.1, 0.15) is 23.5 Å². The summed E-state index contributed by atoms with van der Waals surface area (Å²) in [5.41, 5.74) is 2.84. The first-order chi connectivity index (χ1) is 23.2. The third-order valence-electron chi connectivity index (χ3n) is 8.22. The molecule has 0 aliphatic heterocycles. The van der Waals surface area contributed by atoms with Gasteiger partial charge in [-0.1, -0.05) is 65.8 Å². The van der Waals surface area contributed by atoms with Gasteiger partial charge in [-0.25, -0.2) is 14.8 Å². The summed E-state index contributed by atoms with van der Waals surface area (Å²) in [6, 6.07) is 12.9. The number of carbonyl (C=O) groups is 2. The van der Waals surface area contributed by atoms with Gasteiger partial charge in [0.05, 0.1) is 31.1 Å². The van der Waals surface area contributed by atoms with Gasteiger partial charge in [-0.05, 0) is 50.2 Å². The Labute approximate surface area is 288 Å². The second-order valence-corrected chi connectivity index (χ2v) is 14.7. The molecule has 0 saturated carbocycles. The zero-order valence-electron chi connectivity index (χ0n) is 29.8. The van der Waals surface area contributed by atoms with E-state index in [1.165, 1.54) is 0 Å². The summed E-state index contributed by atoms with van der Waals surface area (Å²) < 4.78 is 14.1. The molecule has 0 saturated heterocycles. The molecule has 3 N–H and O–H groups in total. The average Bonchev–Trinajstić information content (AvgIpc) is 3.47. The summed E-state index contributed by atoms with van der Waals surface area (Å²) in [5.74, 6) is 1.37. The minimum atomic E-state index is -0.434. The highest BCUT2D eigenvalue weighted by atomic mass is 16.5. The predicted octanol–water partition coefficient (Wildman–Crippen LogP) is 5.20. The molecule has 3 aromatic heterocycles. The summed E-state index contributed by atoms with van der Waals surface area (Å²) in [7, 11) is 3.95. The van der Waals surface area contributed by atoms with Crippen LogP contribution in [0.25, 0.3) is 5.65 Å². The SMILES string of the molecule is CN(C)CCOCCNC(=O)c1nc(NC(=O)N[C@H]2CC[C@@H](Oc3ccc4nnc(C(C)(C)C)n4c3)c3ccccc32)cc(C(C)(C)C)n1. The van der Waals surface area contributed by atoms with Crippen LogP contribution >= 0.6 is 0 Å². The molecule has 13 nitrogen and oxygen atoms in total. The van der Waals surface area contributed by atoms with Crippen molar-refractivity contribution in [2.75, 3.05) is 45.7 Å². The number of fused-ring (bicyclic) bond motifs is 2. The quantitative estimate of drug-likeness (QED) is 0.183. The minimum Gasteiger partial charge on any atom is -0.484 e. The van der Waals surface area contributed by atoms with E-state index < -0.39 is 11.9 Å². The number of ether oxygens (including phenoxy) is 2. The number of urea groups is 1. The van der Waals surface area contributed by atoms with Crippen LogP contribution in [0.3, 0.4) is 0 Å². The van der Waals surface area contributed by atoms with Gasteiger partial charge in [0.2, 0.25) is 5.82 Å². The van der Waals surface area contributed by atoms with Crippen LogP contribution in [0.2, 0.25) is 0 Å². The number of rotatable bonds is 11. The molecule has 3 amide bonds. The highest BCUT2D eigenvalue weighted by molar-refractivity contribution is 5.92. The molecular weight excluding hydrogens is 622 g/mol. The van der Waals surface area contributed by atoms with Crippen LogP contribution in [0.5, 0.6) is 5.75 Å². The van der Waals surface area contributed by atoms with Gasteiger partial charge >= 0.3 is 6.03 Å². The molecule has 49 heavy (non-hydrogen) atoms. The number of likely N-dealkylation sites (N-methyl/N-ethyl adjacent to an activating group) is 1. The van der Waals surface area contributed by atoms with Crippen molar-refractivity contribution in [3.8, 4) is 5.75 Å². The Morgan fingerprint density at radius 3 is 2.41 bits per heavy atom. The van der Waals surface area contributed by atoms with Gasteiger partial charge in [0, 0.05) is 30.0 Å². The van der Waals surface area contributed by atoms with Gasteiger partial charge in [0.15, 0.2) is 5.65 Å².